The van der Waals surface area contributed by atoms with Crippen molar-refractivity contribution in [2.45, 2.75) is 37.8 Å². The van der Waals surface area contributed by atoms with Gasteiger partial charge in [-0.2, -0.15) is 0 Å². The summed E-state index contributed by atoms with van der Waals surface area (Å²) in [5, 5.41) is 3.19. The number of rotatable bonds is 6. The number of likely N-dealkylation sites (tertiary alicyclic amines) is 1. The lowest BCUT2D eigenvalue weighted by molar-refractivity contribution is -0.125. The molecule has 0 spiro atoms. The van der Waals surface area contributed by atoms with Crippen LogP contribution in [0.1, 0.15) is 47.4 Å². The Morgan fingerprint density at radius 2 is 1.60 bits per heavy atom. The number of furan rings is 1. The van der Waals surface area contributed by atoms with E-state index < -0.39 is 6.04 Å². The van der Waals surface area contributed by atoms with Gasteiger partial charge in [-0.15, -0.1) is 0 Å². The van der Waals surface area contributed by atoms with E-state index in [1.807, 2.05) is 43.3 Å². The fraction of sp³-hybridized carbons (Fsp3) is 0.280. The van der Waals surface area contributed by atoms with E-state index in [1.54, 1.807) is 17.0 Å². The lowest BCUT2D eigenvalue weighted by Crippen LogP contribution is -2.49. The summed E-state index contributed by atoms with van der Waals surface area (Å²) >= 11 is 0. The van der Waals surface area contributed by atoms with Crippen LogP contribution in [-0.2, 0) is 4.79 Å². The highest BCUT2D eigenvalue weighted by Gasteiger charge is 2.36. The normalized spacial score (nSPS) is 17.1. The Morgan fingerprint density at radius 1 is 0.967 bits per heavy atom. The summed E-state index contributed by atoms with van der Waals surface area (Å²) in [7, 11) is 0. The summed E-state index contributed by atoms with van der Waals surface area (Å²) in [5.74, 6) is -0.0501. The molecule has 154 valence electrons. The van der Waals surface area contributed by atoms with Crippen LogP contribution in [0.3, 0.4) is 0 Å². The zero-order chi connectivity index (χ0) is 20.9. The largest absolute Gasteiger partial charge is 0.459 e. The number of nitrogens with one attached hydrogen (secondary N) is 1. The van der Waals surface area contributed by atoms with Gasteiger partial charge in [-0.25, -0.2) is 0 Å². The second kappa shape index (κ2) is 8.99. The van der Waals surface area contributed by atoms with Crippen molar-refractivity contribution in [2.75, 3.05) is 6.54 Å². The second-order valence-electron chi connectivity index (χ2n) is 7.73. The van der Waals surface area contributed by atoms with Crippen LogP contribution < -0.4 is 5.32 Å². The quantitative estimate of drug-likeness (QED) is 0.671. The van der Waals surface area contributed by atoms with Crippen LogP contribution in [0.4, 0.5) is 0 Å². The van der Waals surface area contributed by atoms with Crippen LogP contribution in [0.15, 0.2) is 83.5 Å². The minimum atomic E-state index is -0.475. The van der Waals surface area contributed by atoms with Gasteiger partial charge in [0.1, 0.15) is 6.04 Å². The Labute approximate surface area is 176 Å². The molecule has 1 aliphatic heterocycles. The third-order valence-corrected chi connectivity index (χ3v) is 5.74. The van der Waals surface area contributed by atoms with Crippen molar-refractivity contribution < 1.29 is 14.0 Å². The smallest absolute Gasteiger partial charge is 0.290 e. The fourth-order valence-corrected chi connectivity index (χ4v) is 4.32. The van der Waals surface area contributed by atoms with Gasteiger partial charge in [0.15, 0.2) is 5.76 Å². The number of benzene rings is 2. The Balaban J connectivity index is 1.53. The molecule has 30 heavy (non-hydrogen) atoms. The van der Waals surface area contributed by atoms with Crippen LogP contribution in [0.25, 0.3) is 0 Å². The van der Waals surface area contributed by atoms with Gasteiger partial charge in [0.05, 0.1) is 6.26 Å². The fourth-order valence-electron chi connectivity index (χ4n) is 4.32. The van der Waals surface area contributed by atoms with E-state index >= 15 is 0 Å². The summed E-state index contributed by atoms with van der Waals surface area (Å²) in [6.45, 7) is 2.59. The first-order valence-electron chi connectivity index (χ1n) is 10.4. The zero-order valence-electron chi connectivity index (χ0n) is 17.0. The standard InChI is InChI=1S/C25H26N2O3/c1-18(23(19-10-4-2-5-11-19)20-12-6-3-7-13-20)26-24(28)21-14-8-16-27(21)25(29)22-15-9-17-30-22/h2-7,9-13,15,17-18,21,23H,8,14,16H2,1H3,(H,26,28)/t18-,21+/m1/s1. The Morgan fingerprint density at radius 3 is 2.17 bits per heavy atom. The molecule has 1 aliphatic rings. The first kappa shape index (κ1) is 20.0. The maximum atomic E-state index is 13.2. The van der Waals surface area contributed by atoms with Gasteiger partial charge in [-0.3, -0.25) is 9.59 Å². The number of hydrogen-bond acceptors (Lipinski definition) is 3. The number of hydrogen-bond donors (Lipinski definition) is 1. The maximum absolute atomic E-state index is 13.2. The van der Waals surface area contributed by atoms with E-state index in [0.717, 1.165) is 17.5 Å². The van der Waals surface area contributed by atoms with E-state index in [4.69, 9.17) is 4.42 Å². The minimum Gasteiger partial charge on any atom is -0.459 e. The van der Waals surface area contributed by atoms with Crippen LogP contribution in [-0.4, -0.2) is 35.3 Å². The summed E-state index contributed by atoms with van der Waals surface area (Å²) in [5.41, 5.74) is 2.29. The third kappa shape index (κ3) is 4.15. The number of carbonyl (C=O) groups is 2. The van der Waals surface area contributed by atoms with Gasteiger partial charge < -0.3 is 14.6 Å². The first-order chi connectivity index (χ1) is 14.6. The molecular weight excluding hydrogens is 376 g/mol. The molecule has 2 aromatic carbocycles. The molecule has 1 aromatic heterocycles. The highest BCUT2D eigenvalue weighted by molar-refractivity contribution is 5.96. The number of nitrogens with zero attached hydrogens (tertiary/aromatic N) is 1. The molecule has 3 aromatic rings. The van der Waals surface area contributed by atoms with Crippen LogP contribution in [0.2, 0.25) is 0 Å². The molecule has 0 saturated carbocycles. The highest BCUT2D eigenvalue weighted by atomic mass is 16.3. The van der Waals surface area contributed by atoms with Crippen molar-refractivity contribution in [3.8, 4) is 0 Å². The number of carbonyl (C=O) groups excluding carboxylic acids is 2. The average molecular weight is 402 g/mol. The molecule has 4 rings (SSSR count). The van der Waals surface area contributed by atoms with Gasteiger partial charge in [0.25, 0.3) is 5.91 Å². The van der Waals surface area contributed by atoms with Gasteiger partial charge >= 0.3 is 0 Å². The molecular formula is C25H26N2O3. The Hall–Kier alpha value is -3.34. The van der Waals surface area contributed by atoms with E-state index in [0.29, 0.717) is 13.0 Å². The zero-order valence-corrected chi connectivity index (χ0v) is 17.0. The molecule has 0 aliphatic carbocycles. The number of amides is 2. The Bertz CT molecular complexity index is 931. The van der Waals surface area contributed by atoms with Crippen molar-refractivity contribution in [3.63, 3.8) is 0 Å². The molecule has 1 fully saturated rings. The molecule has 0 radical (unpaired) electrons. The van der Waals surface area contributed by atoms with Crippen molar-refractivity contribution >= 4 is 11.8 Å². The van der Waals surface area contributed by atoms with Crippen molar-refractivity contribution in [3.05, 3.63) is 95.9 Å². The Kier molecular flexibility index (Phi) is 5.98. The van der Waals surface area contributed by atoms with Crippen LogP contribution >= 0.6 is 0 Å². The molecule has 0 bridgehead atoms. The van der Waals surface area contributed by atoms with Crippen molar-refractivity contribution in [1.82, 2.24) is 10.2 Å². The van der Waals surface area contributed by atoms with Crippen LogP contribution in [0.5, 0.6) is 0 Å². The summed E-state index contributed by atoms with van der Waals surface area (Å²) in [4.78, 5) is 27.5. The average Bonchev–Trinajstić information content (AvgIpc) is 3.47. The van der Waals surface area contributed by atoms with E-state index in [1.165, 1.54) is 6.26 Å². The van der Waals surface area contributed by atoms with Gasteiger partial charge in [-0.1, -0.05) is 60.7 Å². The van der Waals surface area contributed by atoms with Crippen molar-refractivity contribution in [2.24, 2.45) is 0 Å². The minimum absolute atomic E-state index is 0.0204. The van der Waals surface area contributed by atoms with Crippen molar-refractivity contribution in [1.29, 1.82) is 0 Å². The predicted octanol–water partition coefficient (Wildman–Crippen LogP) is 4.22. The highest BCUT2D eigenvalue weighted by Crippen LogP contribution is 2.29. The summed E-state index contributed by atoms with van der Waals surface area (Å²) < 4.78 is 5.25. The lowest BCUT2D eigenvalue weighted by atomic mass is 9.85. The maximum Gasteiger partial charge on any atom is 0.290 e. The van der Waals surface area contributed by atoms with Gasteiger partial charge in [0, 0.05) is 18.5 Å². The first-order valence-corrected chi connectivity index (χ1v) is 10.4. The molecule has 1 N–H and O–H groups in total. The summed E-state index contributed by atoms with van der Waals surface area (Å²) in [6.07, 6.45) is 2.94. The SMILES string of the molecule is C[C@@H](NC(=O)[C@@H]1CCCN1C(=O)c1ccco1)C(c1ccccc1)c1ccccc1. The lowest BCUT2D eigenvalue weighted by Gasteiger charge is -2.29. The molecule has 2 heterocycles. The van der Waals surface area contributed by atoms with Gasteiger partial charge in [-0.05, 0) is 43.0 Å². The molecule has 5 nitrogen and oxygen atoms in total. The topological polar surface area (TPSA) is 62.6 Å². The molecule has 5 heteroatoms. The van der Waals surface area contributed by atoms with E-state index in [-0.39, 0.29) is 29.5 Å². The summed E-state index contributed by atoms with van der Waals surface area (Å²) in [6, 6.07) is 23.1. The molecule has 2 amide bonds. The van der Waals surface area contributed by atoms with Gasteiger partial charge in [0.2, 0.25) is 5.91 Å². The predicted molar refractivity (Wildman–Crippen MR) is 115 cm³/mol. The van der Waals surface area contributed by atoms with E-state index in [2.05, 4.69) is 29.6 Å². The monoisotopic (exact) mass is 402 g/mol. The van der Waals surface area contributed by atoms with Crippen LogP contribution in [0, 0.1) is 0 Å². The molecule has 2 atom stereocenters. The molecule has 1 saturated heterocycles. The second-order valence-corrected chi connectivity index (χ2v) is 7.73. The molecule has 0 unspecified atom stereocenters. The third-order valence-electron chi connectivity index (χ3n) is 5.74. The van der Waals surface area contributed by atoms with E-state index in [9.17, 15) is 9.59 Å².